The molecule has 6 nitrogen and oxygen atoms in total. The topological polar surface area (TPSA) is 57.0 Å². The Bertz CT molecular complexity index is 810. The Morgan fingerprint density at radius 3 is 2.59 bits per heavy atom. The SMILES string of the molecule is CC1Cc2ccccc2N1C(=O)CCN1CCN(C(=O)c2ccco2)CC1. The van der Waals surface area contributed by atoms with Gasteiger partial charge in [-0.05, 0) is 37.1 Å². The molecule has 2 aliphatic rings. The highest BCUT2D eigenvalue weighted by atomic mass is 16.3. The maximum absolute atomic E-state index is 12.8. The lowest BCUT2D eigenvalue weighted by Gasteiger charge is -2.34. The van der Waals surface area contributed by atoms with Gasteiger partial charge in [0, 0.05) is 50.9 Å². The molecule has 2 aromatic rings. The van der Waals surface area contributed by atoms with Crippen LogP contribution in [0.1, 0.15) is 29.5 Å². The number of hydrogen-bond donors (Lipinski definition) is 0. The number of anilines is 1. The molecule has 6 heteroatoms. The summed E-state index contributed by atoms with van der Waals surface area (Å²) < 4.78 is 5.20. The molecule has 1 aromatic carbocycles. The van der Waals surface area contributed by atoms with Crippen molar-refractivity contribution >= 4 is 17.5 Å². The van der Waals surface area contributed by atoms with Gasteiger partial charge in [0.15, 0.2) is 5.76 Å². The van der Waals surface area contributed by atoms with Crippen molar-refractivity contribution in [1.29, 1.82) is 0 Å². The van der Waals surface area contributed by atoms with E-state index in [2.05, 4.69) is 17.9 Å². The van der Waals surface area contributed by atoms with Crippen LogP contribution in [0.2, 0.25) is 0 Å². The summed E-state index contributed by atoms with van der Waals surface area (Å²) in [5.41, 5.74) is 2.31. The van der Waals surface area contributed by atoms with E-state index < -0.39 is 0 Å². The Labute approximate surface area is 159 Å². The minimum atomic E-state index is -0.0572. The molecule has 0 spiro atoms. The summed E-state index contributed by atoms with van der Waals surface area (Å²) >= 11 is 0. The van der Waals surface area contributed by atoms with Crippen molar-refractivity contribution in [1.82, 2.24) is 9.80 Å². The maximum atomic E-state index is 12.8. The molecule has 0 radical (unpaired) electrons. The first-order chi connectivity index (χ1) is 13.1. The number of rotatable bonds is 4. The van der Waals surface area contributed by atoms with Crippen molar-refractivity contribution in [2.75, 3.05) is 37.6 Å². The Hall–Kier alpha value is -2.60. The summed E-state index contributed by atoms with van der Waals surface area (Å²) in [6.07, 6.45) is 2.95. The van der Waals surface area contributed by atoms with Crippen LogP contribution in [0.3, 0.4) is 0 Å². The molecule has 142 valence electrons. The Balaban J connectivity index is 1.28. The zero-order valence-electron chi connectivity index (χ0n) is 15.6. The number of para-hydroxylation sites is 1. The Morgan fingerprint density at radius 1 is 1.07 bits per heavy atom. The van der Waals surface area contributed by atoms with Crippen LogP contribution in [-0.2, 0) is 11.2 Å². The lowest BCUT2D eigenvalue weighted by atomic mass is 10.1. The molecule has 2 amide bonds. The van der Waals surface area contributed by atoms with Crippen LogP contribution >= 0.6 is 0 Å². The van der Waals surface area contributed by atoms with E-state index in [0.717, 1.165) is 31.7 Å². The monoisotopic (exact) mass is 367 g/mol. The van der Waals surface area contributed by atoms with Crippen molar-refractivity contribution in [3.63, 3.8) is 0 Å². The molecule has 1 aromatic heterocycles. The summed E-state index contributed by atoms with van der Waals surface area (Å²) in [6, 6.07) is 11.8. The number of amides is 2. The Morgan fingerprint density at radius 2 is 1.85 bits per heavy atom. The van der Waals surface area contributed by atoms with Gasteiger partial charge in [-0.25, -0.2) is 0 Å². The second kappa shape index (κ2) is 7.56. The van der Waals surface area contributed by atoms with Gasteiger partial charge in [-0.2, -0.15) is 0 Å². The summed E-state index contributed by atoms with van der Waals surface area (Å²) in [5.74, 6) is 0.514. The molecule has 0 saturated carbocycles. The van der Waals surface area contributed by atoms with E-state index in [-0.39, 0.29) is 17.9 Å². The smallest absolute Gasteiger partial charge is 0.289 e. The summed E-state index contributed by atoms with van der Waals surface area (Å²) in [6.45, 7) is 5.73. The van der Waals surface area contributed by atoms with Crippen LogP contribution in [0.5, 0.6) is 0 Å². The molecular formula is C21H25N3O3. The highest BCUT2D eigenvalue weighted by Gasteiger charge is 2.31. The van der Waals surface area contributed by atoms with Gasteiger partial charge in [-0.3, -0.25) is 14.5 Å². The van der Waals surface area contributed by atoms with Gasteiger partial charge in [0.05, 0.1) is 6.26 Å². The maximum Gasteiger partial charge on any atom is 0.289 e. The third-order valence-corrected chi connectivity index (χ3v) is 5.51. The summed E-state index contributed by atoms with van der Waals surface area (Å²) in [5, 5.41) is 0. The molecule has 1 atom stereocenters. The number of carbonyl (C=O) groups excluding carboxylic acids is 2. The van der Waals surface area contributed by atoms with Gasteiger partial charge >= 0.3 is 0 Å². The van der Waals surface area contributed by atoms with E-state index in [1.807, 2.05) is 28.0 Å². The fourth-order valence-corrected chi connectivity index (χ4v) is 4.05. The lowest BCUT2D eigenvalue weighted by molar-refractivity contribution is -0.119. The number of benzene rings is 1. The fourth-order valence-electron chi connectivity index (χ4n) is 4.05. The molecule has 1 fully saturated rings. The van der Waals surface area contributed by atoms with Gasteiger partial charge in [0.25, 0.3) is 5.91 Å². The first kappa shape index (κ1) is 17.8. The first-order valence-corrected chi connectivity index (χ1v) is 9.58. The number of piperazine rings is 1. The van der Waals surface area contributed by atoms with Crippen molar-refractivity contribution in [3.05, 3.63) is 54.0 Å². The lowest BCUT2D eigenvalue weighted by Crippen LogP contribution is -2.49. The second-order valence-corrected chi connectivity index (χ2v) is 7.31. The fraction of sp³-hybridized carbons (Fsp3) is 0.429. The third kappa shape index (κ3) is 3.62. The molecular weight excluding hydrogens is 342 g/mol. The quantitative estimate of drug-likeness (QED) is 0.833. The van der Waals surface area contributed by atoms with Crippen molar-refractivity contribution < 1.29 is 14.0 Å². The molecule has 2 aliphatic heterocycles. The van der Waals surface area contributed by atoms with Crippen LogP contribution < -0.4 is 4.90 Å². The van der Waals surface area contributed by atoms with Gasteiger partial charge in [0.2, 0.25) is 5.91 Å². The van der Waals surface area contributed by atoms with Crippen LogP contribution in [0.15, 0.2) is 47.1 Å². The average molecular weight is 367 g/mol. The average Bonchev–Trinajstić information content (AvgIpc) is 3.33. The molecule has 27 heavy (non-hydrogen) atoms. The summed E-state index contributed by atoms with van der Waals surface area (Å²) in [7, 11) is 0. The van der Waals surface area contributed by atoms with Crippen LogP contribution in [0.4, 0.5) is 5.69 Å². The number of nitrogens with zero attached hydrogens (tertiary/aromatic N) is 3. The zero-order chi connectivity index (χ0) is 18.8. The van der Waals surface area contributed by atoms with E-state index in [4.69, 9.17) is 4.42 Å². The first-order valence-electron chi connectivity index (χ1n) is 9.58. The molecule has 0 bridgehead atoms. The number of carbonyl (C=O) groups is 2. The van der Waals surface area contributed by atoms with Crippen molar-refractivity contribution in [2.45, 2.75) is 25.8 Å². The molecule has 1 unspecified atom stereocenters. The molecule has 3 heterocycles. The minimum Gasteiger partial charge on any atom is -0.459 e. The van der Waals surface area contributed by atoms with Crippen LogP contribution in [0.25, 0.3) is 0 Å². The normalized spacial score (nSPS) is 20.0. The minimum absolute atomic E-state index is 0.0572. The van der Waals surface area contributed by atoms with Crippen LogP contribution in [0, 0.1) is 0 Å². The zero-order valence-corrected chi connectivity index (χ0v) is 15.6. The van der Waals surface area contributed by atoms with E-state index >= 15 is 0 Å². The van der Waals surface area contributed by atoms with Crippen LogP contribution in [-0.4, -0.2) is 60.4 Å². The van der Waals surface area contributed by atoms with Gasteiger partial charge < -0.3 is 14.2 Å². The van der Waals surface area contributed by atoms with E-state index in [1.165, 1.54) is 11.8 Å². The third-order valence-electron chi connectivity index (χ3n) is 5.51. The predicted molar refractivity (Wildman–Crippen MR) is 103 cm³/mol. The van der Waals surface area contributed by atoms with Gasteiger partial charge in [-0.1, -0.05) is 18.2 Å². The molecule has 0 aliphatic carbocycles. The number of fused-ring (bicyclic) bond motifs is 1. The second-order valence-electron chi connectivity index (χ2n) is 7.31. The standard InChI is InChI=1S/C21H25N3O3/c1-16-15-17-5-2-3-6-18(17)24(16)20(25)8-9-22-10-12-23(13-11-22)21(26)19-7-4-14-27-19/h2-7,14,16H,8-13,15H2,1H3. The van der Waals surface area contributed by atoms with E-state index in [1.54, 1.807) is 12.1 Å². The highest BCUT2D eigenvalue weighted by molar-refractivity contribution is 5.96. The molecule has 4 rings (SSSR count). The molecule has 1 saturated heterocycles. The largest absolute Gasteiger partial charge is 0.459 e. The van der Waals surface area contributed by atoms with Crippen molar-refractivity contribution in [3.8, 4) is 0 Å². The van der Waals surface area contributed by atoms with Crippen molar-refractivity contribution in [2.24, 2.45) is 0 Å². The summed E-state index contributed by atoms with van der Waals surface area (Å²) in [4.78, 5) is 31.2. The highest BCUT2D eigenvalue weighted by Crippen LogP contribution is 2.32. The van der Waals surface area contributed by atoms with E-state index in [9.17, 15) is 9.59 Å². The number of hydrogen-bond acceptors (Lipinski definition) is 4. The van der Waals surface area contributed by atoms with Gasteiger partial charge in [0.1, 0.15) is 0 Å². The van der Waals surface area contributed by atoms with Gasteiger partial charge in [-0.15, -0.1) is 0 Å². The Kier molecular flexibility index (Phi) is 4.99. The number of furan rings is 1. The molecule has 0 N–H and O–H groups in total. The predicted octanol–water partition coefficient (Wildman–Crippen LogP) is 2.41. The van der Waals surface area contributed by atoms with E-state index in [0.29, 0.717) is 25.3 Å².